The maximum absolute atomic E-state index is 11.6. The fraction of sp³-hybridized carbons (Fsp3) is 0.864. The van der Waals surface area contributed by atoms with Crippen LogP contribution in [0.15, 0.2) is 12.2 Å². The minimum absolute atomic E-state index is 0.0396. The minimum atomic E-state index is -0.0396. The van der Waals surface area contributed by atoms with Crippen LogP contribution in [0, 0.1) is 0 Å². The Morgan fingerprint density at radius 3 is 1.75 bits per heavy atom. The van der Waals surface area contributed by atoms with E-state index in [4.69, 9.17) is 4.74 Å². The predicted molar refractivity (Wildman–Crippen MR) is 105 cm³/mol. The second kappa shape index (κ2) is 20.3. The van der Waals surface area contributed by atoms with Gasteiger partial charge in [-0.25, -0.2) is 0 Å². The summed E-state index contributed by atoms with van der Waals surface area (Å²) in [6, 6.07) is 0. The predicted octanol–water partition coefficient (Wildman–Crippen LogP) is 7.37. The smallest absolute Gasteiger partial charge is 0.306 e. The minimum Gasteiger partial charge on any atom is -0.461 e. The standard InChI is InChI=1S/C22H42O2/c1-3-5-7-9-11-12-13-14-15-17-19-21-24-22(23)20-18-16-10-8-6-4-2/h17,19H,3-16,18,20-21H2,1-2H3. The molecule has 24 heavy (non-hydrogen) atoms. The van der Waals surface area contributed by atoms with E-state index in [1.807, 2.05) is 6.08 Å². The number of allylic oxidation sites excluding steroid dienone is 1. The van der Waals surface area contributed by atoms with E-state index in [2.05, 4.69) is 19.9 Å². The Kier molecular flexibility index (Phi) is 19.6. The first-order valence-electron chi connectivity index (χ1n) is 10.6. The highest BCUT2D eigenvalue weighted by Crippen LogP contribution is 2.10. The summed E-state index contributed by atoms with van der Waals surface area (Å²) in [4.78, 5) is 11.6. The molecule has 0 saturated carbocycles. The van der Waals surface area contributed by atoms with Crippen molar-refractivity contribution in [3.05, 3.63) is 12.2 Å². The lowest BCUT2D eigenvalue weighted by atomic mass is 10.1. The van der Waals surface area contributed by atoms with E-state index >= 15 is 0 Å². The number of esters is 1. The highest BCUT2D eigenvalue weighted by atomic mass is 16.5. The molecule has 0 rings (SSSR count). The van der Waals surface area contributed by atoms with E-state index in [9.17, 15) is 4.79 Å². The summed E-state index contributed by atoms with van der Waals surface area (Å²) in [5.41, 5.74) is 0. The molecule has 0 aromatic heterocycles. The van der Waals surface area contributed by atoms with Gasteiger partial charge in [-0.2, -0.15) is 0 Å². The maximum Gasteiger partial charge on any atom is 0.306 e. The number of hydrogen-bond donors (Lipinski definition) is 0. The Bertz CT molecular complexity index is 284. The summed E-state index contributed by atoms with van der Waals surface area (Å²) in [5.74, 6) is -0.0396. The molecule has 0 aromatic carbocycles. The number of carbonyl (C=O) groups excluding carboxylic acids is 1. The van der Waals surface area contributed by atoms with E-state index < -0.39 is 0 Å². The lowest BCUT2D eigenvalue weighted by Crippen LogP contribution is -2.03. The van der Waals surface area contributed by atoms with Crippen LogP contribution in [0.5, 0.6) is 0 Å². The zero-order valence-corrected chi connectivity index (χ0v) is 16.5. The van der Waals surface area contributed by atoms with E-state index in [0.717, 1.165) is 19.3 Å². The van der Waals surface area contributed by atoms with Crippen molar-refractivity contribution in [3.63, 3.8) is 0 Å². The molecular weight excluding hydrogens is 296 g/mol. The maximum atomic E-state index is 11.6. The van der Waals surface area contributed by atoms with Gasteiger partial charge in [-0.15, -0.1) is 0 Å². The van der Waals surface area contributed by atoms with Crippen molar-refractivity contribution < 1.29 is 9.53 Å². The Hall–Kier alpha value is -0.790. The molecule has 0 fully saturated rings. The topological polar surface area (TPSA) is 26.3 Å². The van der Waals surface area contributed by atoms with Crippen molar-refractivity contribution in [1.29, 1.82) is 0 Å². The molecule has 0 spiro atoms. The van der Waals surface area contributed by atoms with Crippen molar-refractivity contribution in [2.45, 2.75) is 117 Å². The molecule has 0 atom stereocenters. The van der Waals surface area contributed by atoms with Gasteiger partial charge in [0.15, 0.2) is 0 Å². The third-order valence-electron chi connectivity index (χ3n) is 4.47. The van der Waals surface area contributed by atoms with E-state index in [1.54, 1.807) is 0 Å². The van der Waals surface area contributed by atoms with Gasteiger partial charge in [-0.1, -0.05) is 103 Å². The van der Waals surface area contributed by atoms with Gasteiger partial charge in [-0.3, -0.25) is 4.79 Å². The fourth-order valence-corrected chi connectivity index (χ4v) is 2.84. The highest BCUT2D eigenvalue weighted by Gasteiger charge is 2.00. The zero-order chi connectivity index (χ0) is 17.7. The average Bonchev–Trinajstić information content (AvgIpc) is 2.59. The van der Waals surface area contributed by atoms with Gasteiger partial charge in [0.2, 0.25) is 0 Å². The second-order valence-corrected chi connectivity index (χ2v) is 6.94. The molecule has 0 bridgehead atoms. The van der Waals surface area contributed by atoms with Crippen molar-refractivity contribution in [3.8, 4) is 0 Å². The highest BCUT2D eigenvalue weighted by molar-refractivity contribution is 5.69. The number of unbranched alkanes of at least 4 members (excludes halogenated alkanes) is 13. The van der Waals surface area contributed by atoms with Gasteiger partial charge in [-0.05, 0) is 19.3 Å². The normalized spacial score (nSPS) is 11.2. The van der Waals surface area contributed by atoms with E-state index in [-0.39, 0.29) is 5.97 Å². The van der Waals surface area contributed by atoms with Crippen LogP contribution in [0.1, 0.15) is 117 Å². The summed E-state index contributed by atoms with van der Waals surface area (Å²) in [6.45, 7) is 4.93. The molecule has 0 saturated heterocycles. The van der Waals surface area contributed by atoms with Crippen LogP contribution in [0.3, 0.4) is 0 Å². The van der Waals surface area contributed by atoms with Crippen LogP contribution in [-0.4, -0.2) is 12.6 Å². The largest absolute Gasteiger partial charge is 0.461 e. The quantitative estimate of drug-likeness (QED) is 0.148. The lowest BCUT2D eigenvalue weighted by Gasteiger charge is -2.02. The molecule has 0 aliphatic heterocycles. The van der Waals surface area contributed by atoms with Gasteiger partial charge in [0.25, 0.3) is 0 Å². The second-order valence-electron chi connectivity index (χ2n) is 6.94. The monoisotopic (exact) mass is 338 g/mol. The van der Waals surface area contributed by atoms with Crippen molar-refractivity contribution >= 4 is 5.97 Å². The molecule has 142 valence electrons. The van der Waals surface area contributed by atoms with Gasteiger partial charge in [0.05, 0.1) is 0 Å². The molecule has 0 radical (unpaired) electrons. The third kappa shape index (κ3) is 19.3. The van der Waals surface area contributed by atoms with Crippen LogP contribution in [-0.2, 0) is 9.53 Å². The summed E-state index contributed by atoms with van der Waals surface area (Å²) in [5, 5.41) is 0. The molecule has 0 aromatic rings. The van der Waals surface area contributed by atoms with Crippen molar-refractivity contribution in [2.75, 3.05) is 6.61 Å². The van der Waals surface area contributed by atoms with Gasteiger partial charge in [0, 0.05) is 6.42 Å². The number of carbonyl (C=O) groups is 1. The SMILES string of the molecule is CCCCCCCCCCC=CCOC(=O)CCCCCCCC. The summed E-state index contributed by atoms with van der Waals surface area (Å²) < 4.78 is 5.23. The van der Waals surface area contributed by atoms with Crippen LogP contribution >= 0.6 is 0 Å². The molecular formula is C22H42O2. The van der Waals surface area contributed by atoms with Crippen LogP contribution in [0.4, 0.5) is 0 Å². The molecule has 0 N–H and O–H groups in total. The molecule has 0 aliphatic rings. The Labute approximate surface area is 151 Å². The molecule has 2 heteroatoms. The molecule has 0 amide bonds. The zero-order valence-electron chi connectivity index (χ0n) is 16.5. The first-order chi connectivity index (χ1) is 11.8. The first-order valence-corrected chi connectivity index (χ1v) is 10.6. The number of rotatable bonds is 18. The van der Waals surface area contributed by atoms with Gasteiger partial charge in [0.1, 0.15) is 6.61 Å². The molecule has 0 unspecified atom stereocenters. The van der Waals surface area contributed by atoms with Crippen LogP contribution < -0.4 is 0 Å². The van der Waals surface area contributed by atoms with E-state index in [1.165, 1.54) is 77.0 Å². The Morgan fingerprint density at radius 1 is 0.667 bits per heavy atom. The number of ether oxygens (including phenoxy) is 1. The molecule has 2 nitrogen and oxygen atoms in total. The lowest BCUT2D eigenvalue weighted by molar-refractivity contribution is -0.142. The average molecular weight is 339 g/mol. The fourth-order valence-electron chi connectivity index (χ4n) is 2.84. The van der Waals surface area contributed by atoms with Crippen LogP contribution in [0.25, 0.3) is 0 Å². The molecule has 0 aliphatic carbocycles. The van der Waals surface area contributed by atoms with Gasteiger partial charge < -0.3 is 4.74 Å². The van der Waals surface area contributed by atoms with Crippen LogP contribution in [0.2, 0.25) is 0 Å². The summed E-state index contributed by atoms with van der Waals surface area (Å²) >= 11 is 0. The van der Waals surface area contributed by atoms with Gasteiger partial charge >= 0.3 is 5.97 Å². The third-order valence-corrected chi connectivity index (χ3v) is 4.47. The number of hydrogen-bond acceptors (Lipinski definition) is 2. The van der Waals surface area contributed by atoms with Crippen molar-refractivity contribution in [2.24, 2.45) is 0 Å². The van der Waals surface area contributed by atoms with E-state index in [0.29, 0.717) is 13.0 Å². The summed E-state index contributed by atoms with van der Waals surface area (Å²) in [6.07, 6.45) is 24.0. The van der Waals surface area contributed by atoms with Crippen molar-refractivity contribution in [1.82, 2.24) is 0 Å². The Balaban J connectivity index is 3.23. The summed E-state index contributed by atoms with van der Waals surface area (Å²) in [7, 11) is 0. The molecule has 0 heterocycles. The first kappa shape index (κ1) is 23.2. The Morgan fingerprint density at radius 2 is 1.17 bits per heavy atom.